The predicted molar refractivity (Wildman–Crippen MR) is 72.5 cm³/mol. The zero-order valence-electron chi connectivity index (χ0n) is 9.82. The average Bonchev–Trinajstić information content (AvgIpc) is 2.27. The first kappa shape index (κ1) is 15.0. The number of hydrogen-bond acceptors (Lipinski definition) is 4. The zero-order chi connectivity index (χ0) is 13.7. The first-order chi connectivity index (χ1) is 8.45. The summed E-state index contributed by atoms with van der Waals surface area (Å²) in [7, 11) is 0. The fourth-order valence-electron chi connectivity index (χ4n) is 1.49. The third-order valence-corrected chi connectivity index (χ3v) is 2.97. The van der Waals surface area contributed by atoms with E-state index in [1.54, 1.807) is 0 Å². The van der Waals surface area contributed by atoms with Crippen molar-refractivity contribution in [1.29, 1.82) is 0 Å². The van der Waals surface area contributed by atoms with Crippen molar-refractivity contribution in [3.05, 3.63) is 32.3 Å². The number of benzene rings is 1. The molecule has 0 aromatic heterocycles. The van der Waals surface area contributed by atoms with Gasteiger partial charge in [0.2, 0.25) is 0 Å². The molecule has 7 heteroatoms. The molecule has 0 amide bonds. The Balaban J connectivity index is 2.81. The Hall–Kier alpha value is -1.04. The molecule has 0 aliphatic carbocycles. The van der Waals surface area contributed by atoms with Crippen LogP contribution < -0.4 is 5.32 Å². The van der Waals surface area contributed by atoms with Gasteiger partial charge in [-0.25, -0.2) is 0 Å². The maximum Gasteiger partial charge on any atom is 0.272 e. The Labute approximate surface area is 115 Å². The van der Waals surface area contributed by atoms with Crippen LogP contribution in [0, 0.1) is 10.1 Å². The molecule has 0 heterocycles. The average molecular weight is 293 g/mol. The molecule has 100 valence electrons. The van der Waals surface area contributed by atoms with E-state index in [0.29, 0.717) is 18.7 Å². The van der Waals surface area contributed by atoms with Crippen LogP contribution in [0.25, 0.3) is 0 Å². The number of halogens is 2. The highest BCUT2D eigenvalue weighted by Gasteiger charge is 2.15. The van der Waals surface area contributed by atoms with E-state index in [9.17, 15) is 15.2 Å². The summed E-state index contributed by atoms with van der Waals surface area (Å²) >= 11 is 11.8. The van der Waals surface area contributed by atoms with Gasteiger partial charge in [0.15, 0.2) is 0 Å². The summed E-state index contributed by atoms with van der Waals surface area (Å²) in [6.45, 7) is 2.26. The van der Waals surface area contributed by atoms with Gasteiger partial charge in [-0.3, -0.25) is 10.1 Å². The van der Waals surface area contributed by atoms with Crippen molar-refractivity contribution in [2.45, 2.75) is 25.9 Å². The van der Waals surface area contributed by atoms with Gasteiger partial charge in [0.25, 0.3) is 5.69 Å². The molecule has 0 bridgehead atoms. The van der Waals surface area contributed by atoms with Crippen LogP contribution in [-0.4, -0.2) is 22.7 Å². The molecule has 2 N–H and O–H groups in total. The number of aliphatic hydroxyl groups excluding tert-OH is 1. The van der Waals surface area contributed by atoms with Gasteiger partial charge in [-0.15, -0.1) is 0 Å². The van der Waals surface area contributed by atoms with Crippen molar-refractivity contribution < 1.29 is 10.0 Å². The molecule has 0 fully saturated rings. The minimum atomic E-state index is -0.562. The lowest BCUT2D eigenvalue weighted by Crippen LogP contribution is -2.19. The number of nitro groups is 1. The monoisotopic (exact) mass is 292 g/mol. The molecule has 1 rings (SSSR count). The van der Waals surface area contributed by atoms with E-state index in [1.807, 2.05) is 6.92 Å². The number of rotatable bonds is 6. The molecule has 1 unspecified atom stereocenters. The normalized spacial score (nSPS) is 12.2. The molecule has 0 aliphatic rings. The van der Waals surface area contributed by atoms with E-state index >= 15 is 0 Å². The van der Waals surface area contributed by atoms with Crippen molar-refractivity contribution >= 4 is 34.6 Å². The Morgan fingerprint density at radius 3 is 2.44 bits per heavy atom. The number of nitro benzene ring substituents is 1. The van der Waals surface area contributed by atoms with Gasteiger partial charge in [0.1, 0.15) is 0 Å². The molecule has 0 saturated carbocycles. The number of anilines is 1. The van der Waals surface area contributed by atoms with Crippen LogP contribution in [0.4, 0.5) is 11.4 Å². The summed E-state index contributed by atoms with van der Waals surface area (Å²) in [4.78, 5) is 10.0. The summed E-state index contributed by atoms with van der Waals surface area (Å²) in [6, 6.07) is 2.45. The van der Waals surface area contributed by atoms with Crippen LogP contribution in [0.5, 0.6) is 0 Å². The SMILES string of the molecule is CCCC(O)CNc1c(Cl)cc([N+](=O)[O-])cc1Cl. The van der Waals surface area contributed by atoms with Gasteiger partial charge in [-0.05, 0) is 6.42 Å². The van der Waals surface area contributed by atoms with Gasteiger partial charge in [0, 0.05) is 18.7 Å². The van der Waals surface area contributed by atoms with Gasteiger partial charge >= 0.3 is 0 Å². The van der Waals surface area contributed by atoms with Gasteiger partial charge in [-0.2, -0.15) is 0 Å². The van der Waals surface area contributed by atoms with Crippen LogP contribution >= 0.6 is 23.2 Å². The maximum atomic E-state index is 10.6. The summed E-state index contributed by atoms with van der Waals surface area (Å²) in [5.41, 5.74) is 0.240. The molecule has 1 atom stereocenters. The molecular weight excluding hydrogens is 279 g/mol. The third kappa shape index (κ3) is 4.01. The molecule has 0 saturated heterocycles. The van der Waals surface area contributed by atoms with Gasteiger partial charge < -0.3 is 10.4 Å². The van der Waals surface area contributed by atoms with E-state index in [2.05, 4.69) is 5.32 Å². The fraction of sp³-hybridized carbons (Fsp3) is 0.455. The quantitative estimate of drug-likeness (QED) is 0.622. The topological polar surface area (TPSA) is 75.4 Å². The first-order valence-electron chi connectivity index (χ1n) is 5.51. The standard InChI is InChI=1S/C11H14Cl2N2O3/c1-2-3-8(16)6-14-11-9(12)4-7(15(17)18)5-10(11)13/h4-5,8,14,16H,2-3,6H2,1H3. The number of nitrogens with one attached hydrogen (secondary N) is 1. The van der Waals surface area contributed by atoms with E-state index < -0.39 is 11.0 Å². The second kappa shape index (κ2) is 6.78. The highest BCUT2D eigenvalue weighted by atomic mass is 35.5. The van der Waals surface area contributed by atoms with Crippen LogP contribution in [0.1, 0.15) is 19.8 Å². The van der Waals surface area contributed by atoms with Crippen LogP contribution in [0.3, 0.4) is 0 Å². The second-order valence-corrected chi connectivity index (χ2v) is 4.68. The number of aliphatic hydroxyl groups is 1. The Morgan fingerprint density at radius 2 is 2.00 bits per heavy atom. The maximum absolute atomic E-state index is 10.6. The van der Waals surface area contributed by atoms with E-state index in [1.165, 1.54) is 12.1 Å². The third-order valence-electron chi connectivity index (χ3n) is 2.37. The Bertz CT molecular complexity index is 417. The number of hydrogen-bond donors (Lipinski definition) is 2. The van der Waals surface area contributed by atoms with E-state index in [0.717, 1.165) is 6.42 Å². The largest absolute Gasteiger partial charge is 0.391 e. The highest BCUT2D eigenvalue weighted by molar-refractivity contribution is 6.39. The van der Waals surface area contributed by atoms with E-state index in [4.69, 9.17) is 23.2 Å². The highest BCUT2D eigenvalue weighted by Crippen LogP contribution is 2.34. The summed E-state index contributed by atoms with van der Waals surface area (Å²) in [6.07, 6.45) is 1.03. The van der Waals surface area contributed by atoms with Crippen LogP contribution in [0.15, 0.2) is 12.1 Å². The van der Waals surface area contributed by atoms with E-state index in [-0.39, 0.29) is 15.7 Å². The van der Waals surface area contributed by atoms with Crippen molar-refractivity contribution in [1.82, 2.24) is 0 Å². The lowest BCUT2D eigenvalue weighted by Gasteiger charge is -2.14. The second-order valence-electron chi connectivity index (χ2n) is 3.86. The van der Waals surface area contributed by atoms with Crippen molar-refractivity contribution in [2.24, 2.45) is 0 Å². The number of non-ortho nitro benzene ring substituents is 1. The minimum Gasteiger partial charge on any atom is -0.391 e. The van der Waals surface area contributed by atoms with Crippen LogP contribution in [0.2, 0.25) is 10.0 Å². The van der Waals surface area contributed by atoms with Gasteiger partial charge in [0.05, 0.1) is 26.8 Å². The summed E-state index contributed by atoms with van der Waals surface area (Å²) in [5.74, 6) is 0. The Morgan fingerprint density at radius 1 is 1.44 bits per heavy atom. The lowest BCUT2D eigenvalue weighted by atomic mass is 10.2. The van der Waals surface area contributed by atoms with Crippen LogP contribution in [-0.2, 0) is 0 Å². The zero-order valence-corrected chi connectivity index (χ0v) is 11.3. The molecular formula is C11H14Cl2N2O3. The minimum absolute atomic E-state index is 0.162. The summed E-state index contributed by atoms with van der Waals surface area (Å²) in [5, 5.41) is 23.4. The summed E-state index contributed by atoms with van der Waals surface area (Å²) < 4.78 is 0. The number of nitrogens with zero attached hydrogens (tertiary/aromatic N) is 1. The fourth-order valence-corrected chi connectivity index (χ4v) is 2.10. The molecule has 18 heavy (non-hydrogen) atoms. The Kier molecular flexibility index (Phi) is 5.65. The molecule has 0 radical (unpaired) electrons. The molecule has 0 aliphatic heterocycles. The van der Waals surface area contributed by atoms with Crippen molar-refractivity contribution in [3.63, 3.8) is 0 Å². The lowest BCUT2D eigenvalue weighted by molar-refractivity contribution is -0.384. The smallest absolute Gasteiger partial charge is 0.272 e. The molecule has 1 aromatic rings. The first-order valence-corrected chi connectivity index (χ1v) is 6.26. The molecule has 1 aromatic carbocycles. The van der Waals surface area contributed by atoms with Gasteiger partial charge in [-0.1, -0.05) is 36.5 Å². The molecule has 0 spiro atoms. The van der Waals surface area contributed by atoms with Crippen molar-refractivity contribution in [3.8, 4) is 0 Å². The molecule has 5 nitrogen and oxygen atoms in total. The predicted octanol–water partition coefficient (Wildman–Crippen LogP) is 3.47. The van der Waals surface area contributed by atoms with Crippen molar-refractivity contribution in [2.75, 3.05) is 11.9 Å².